The predicted octanol–water partition coefficient (Wildman–Crippen LogP) is 6.36. The molecule has 188 valence electrons. The number of fused-ring (bicyclic) bond motifs is 2. The van der Waals surface area contributed by atoms with E-state index in [9.17, 15) is 4.39 Å². The van der Waals surface area contributed by atoms with Crippen molar-refractivity contribution in [2.24, 2.45) is 0 Å². The zero-order valence-corrected chi connectivity index (χ0v) is 20.8. The molecule has 0 radical (unpaired) electrons. The van der Waals surface area contributed by atoms with Gasteiger partial charge in [0, 0.05) is 41.6 Å². The van der Waals surface area contributed by atoms with Gasteiger partial charge in [-0.1, -0.05) is 24.6 Å². The number of pyridine rings is 2. The van der Waals surface area contributed by atoms with E-state index in [2.05, 4.69) is 48.2 Å². The van der Waals surface area contributed by atoms with E-state index in [1.165, 1.54) is 37.0 Å². The van der Waals surface area contributed by atoms with Crippen molar-refractivity contribution in [1.82, 2.24) is 35.0 Å². The summed E-state index contributed by atoms with van der Waals surface area (Å²) in [5, 5.41) is 8.68. The maximum atomic E-state index is 13.9. The molecule has 4 aromatic heterocycles. The molecule has 38 heavy (non-hydrogen) atoms. The highest BCUT2D eigenvalue weighted by Gasteiger charge is 2.17. The van der Waals surface area contributed by atoms with Crippen LogP contribution < -0.4 is 0 Å². The molecular formula is C30H26FN7. The van der Waals surface area contributed by atoms with Crippen LogP contribution in [-0.2, 0) is 6.54 Å². The second-order valence-corrected chi connectivity index (χ2v) is 9.90. The SMILES string of the molecule is Fc1cccc(-c2nccc3[nH]c(-c4n[nH]c5ccc(-c6cncc(CN7CCCCC7)c6)cc45)nc23)c1. The summed E-state index contributed by atoms with van der Waals surface area (Å²) < 4.78 is 13.9. The first-order chi connectivity index (χ1) is 18.7. The van der Waals surface area contributed by atoms with Crippen molar-refractivity contribution in [3.63, 3.8) is 0 Å². The summed E-state index contributed by atoms with van der Waals surface area (Å²) in [6.45, 7) is 3.24. The van der Waals surface area contributed by atoms with Gasteiger partial charge in [-0.15, -0.1) is 0 Å². The minimum atomic E-state index is -0.308. The number of rotatable bonds is 5. The average Bonchev–Trinajstić information content (AvgIpc) is 3.57. The molecule has 0 aliphatic carbocycles. The first-order valence-corrected chi connectivity index (χ1v) is 13.0. The van der Waals surface area contributed by atoms with Crippen molar-refractivity contribution >= 4 is 21.9 Å². The normalized spacial score (nSPS) is 14.4. The first-order valence-electron chi connectivity index (χ1n) is 13.0. The summed E-state index contributed by atoms with van der Waals surface area (Å²) >= 11 is 0. The lowest BCUT2D eigenvalue weighted by atomic mass is 10.0. The molecule has 6 aromatic rings. The molecule has 0 atom stereocenters. The lowest BCUT2D eigenvalue weighted by molar-refractivity contribution is 0.220. The van der Waals surface area contributed by atoms with Gasteiger partial charge in [0.1, 0.15) is 17.0 Å². The summed E-state index contributed by atoms with van der Waals surface area (Å²) in [6.07, 6.45) is 9.46. The van der Waals surface area contributed by atoms with Crippen LogP contribution in [0.2, 0.25) is 0 Å². The molecule has 1 fully saturated rings. The molecule has 1 aliphatic rings. The number of aromatic nitrogens is 6. The van der Waals surface area contributed by atoms with Crippen molar-refractivity contribution < 1.29 is 4.39 Å². The molecule has 2 N–H and O–H groups in total. The molecule has 0 spiro atoms. The highest BCUT2D eigenvalue weighted by atomic mass is 19.1. The van der Waals surface area contributed by atoms with Gasteiger partial charge in [0.25, 0.3) is 0 Å². The van der Waals surface area contributed by atoms with E-state index in [1.54, 1.807) is 12.3 Å². The molecule has 2 aromatic carbocycles. The number of hydrogen-bond acceptors (Lipinski definition) is 5. The van der Waals surface area contributed by atoms with Crippen LogP contribution in [0.15, 0.2) is 73.2 Å². The molecule has 1 saturated heterocycles. The average molecular weight is 504 g/mol. The van der Waals surface area contributed by atoms with Gasteiger partial charge in [0.15, 0.2) is 5.82 Å². The van der Waals surface area contributed by atoms with Crippen molar-refractivity contribution in [2.45, 2.75) is 25.8 Å². The molecular weight excluding hydrogens is 477 g/mol. The van der Waals surface area contributed by atoms with E-state index in [0.29, 0.717) is 22.6 Å². The number of halogens is 1. The molecule has 7 rings (SSSR count). The van der Waals surface area contributed by atoms with E-state index >= 15 is 0 Å². The Morgan fingerprint density at radius 2 is 1.76 bits per heavy atom. The highest BCUT2D eigenvalue weighted by Crippen LogP contribution is 2.32. The van der Waals surface area contributed by atoms with Gasteiger partial charge < -0.3 is 4.98 Å². The summed E-state index contributed by atoms with van der Waals surface area (Å²) in [5.74, 6) is 0.323. The Bertz CT molecular complexity index is 1760. The number of H-pyrrole nitrogens is 2. The number of nitrogens with one attached hydrogen (secondary N) is 2. The Labute approximate surface area is 218 Å². The molecule has 8 heteroatoms. The zero-order chi connectivity index (χ0) is 25.5. The summed E-state index contributed by atoms with van der Waals surface area (Å²) in [6, 6.07) is 16.8. The third kappa shape index (κ3) is 4.22. The minimum Gasteiger partial charge on any atom is -0.336 e. The van der Waals surface area contributed by atoms with Crippen LogP contribution >= 0.6 is 0 Å². The van der Waals surface area contributed by atoms with Gasteiger partial charge >= 0.3 is 0 Å². The number of likely N-dealkylation sites (tertiary alicyclic amines) is 1. The summed E-state index contributed by atoms with van der Waals surface area (Å²) in [5.41, 5.74) is 7.83. The summed E-state index contributed by atoms with van der Waals surface area (Å²) in [7, 11) is 0. The fourth-order valence-corrected chi connectivity index (χ4v) is 5.38. The Morgan fingerprint density at radius 1 is 0.842 bits per heavy atom. The van der Waals surface area contributed by atoms with E-state index in [1.807, 2.05) is 30.6 Å². The molecule has 0 unspecified atom stereocenters. The number of nitrogens with zero attached hydrogens (tertiary/aromatic N) is 5. The zero-order valence-electron chi connectivity index (χ0n) is 20.8. The monoisotopic (exact) mass is 503 g/mol. The van der Waals surface area contributed by atoms with Gasteiger partial charge in [0.2, 0.25) is 0 Å². The van der Waals surface area contributed by atoms with Gasteiger partial charge in [-0.05, 0) is 73.5 Å². The number of piperidine rings is 1. The Balaban J connectivity index is 1.26. The van der Waals surface area contributed by atoms with Gasteiger partial charge in [0.05, 0.1) is 16.7 Å². The smallest absolute Gasteiger partial charge is 0.159 e. The fraction of sp³-hybridized carbons (Fsp3) is 0.200. The van der Waals surface area contributed by atoms with Gasteiger partial charge in [-0.25, -0.2) is 9.37 Å². The van der Waals surface area contributed by atoms with Crippen LogP contribution in [0.1, 0.15) is 24.8 Å². The molecule has 0 amide bonds. The molecule has 7 nitrogen and oxygen atoms in total. The number of imidazole rings is 1. The minimum absolute atomic E-state index is 0.308. The van der Waals surface area contributed by atoms with Crippen molar-refractivity contribution in [2.75, 3.05) is 13.1 Å². The Morgan fingerprint density at radius 3 is 2.66 bits per heavy atom. The van der Waals surface area contributed by atoms with E-state index in [4.69, 9.17) is 4.98 Å². The van der Waals surface area contributed by atoms with Crippen LogP contribution in [0, 0.1) is 5.82 Å². The molecule has 1 aliphatic heterocycles. The second-order valence-electron chi connectivity index (χ2n) is 9.90. The maximum Gasteiger partial charge on any atom is 0.159 e. The fourth-order valence-electron chi connectivity index (χ4n) is 5.38. The number of aromatic amines is 2. The number of benzene rings is 2. The van der Waals surface area contributed by atoms with E-state index in [0.717, 1.165) is 52.9 Å². The Hall–Kier alpha value is -4.43. The third-order valence-corrected chi connectivity index (χ3v) is 7.27. The molecule has 0 bridgehead atoms. The van der Waals surface area contributed by atoms with Crippen LogP contribution in [0.3, 0.4) is 0 Å². The number of hydrogen-bond donors (Lipinski definition) is 2. The highest BCUT2D eigenvalue weighted by molar-refractivity contribution is 5.97. The Kier molecular flexibility index (Phi) is 5.66. The van der Waals surface area contributed by atoms with E-state index in [-0.39, 0.29) is 5.82 Å². The lowest BCUT2D eigenvalue weighted by Gasteiger charge is -2.26. The molecule has 0 saturated carbocycles. The second kappa shape index (κ2) is 9.46. The van der Waals surface area contributed by atoms with Crippen LogP contribution in [0.5, 0.6) is 0 Å². The van der Waals surface area contributed by atoms with Crippen molar-refractivity contribution in [1.29, 1.82) is 0 Å². The van der Waals surface area contributed by atoms with Crippen molar-refractivity contribution in [3.8, 4) is 33.9 Å². The predicted molar refractivity (Wildman–Crippen MR) is 147 cm³/mol. The van der Waals surface area contributed by atoms with Gasteiger partial charge in [-0.2, -0.15) is 5.10 Å². The van der Waals surface area contributed by atoms with Crippen molar-refractivity contribution in [3.05, 3.63) is 84.6 Å². The van der Waals surface area contributed by atoms with Crippen LogP contribution in [0.4, 0.5) is 4.39 Å². The first kappa shape index (κ1) is 22.7. The maximum absolute atomic E-state index is 13.9. The summed E-state index contributed by atoms with van der Waals surface area (Å²) in [4.78, 5) is 19.8. The quantitative estimate of drug-likeness (QED) is 0.286. The topological polar surface area (TPSA) is 86.4 Å². The largest absolute Gasteiger partial charge is 0.336 e. The van der Waals surface area contributed by atoms with Gasteiger partial charge in [-0.3, -0.25) is 20.0 Å². The van der Waals surface area contributed by atoms with Crippen LogP contribution in [-0.4, -0.2) is 48.1 Å². The molecule has 5 heterocycles. The lowest BCUT2D eigenvalue weighted by Crippen LogP contribution is -2.29. The van der Waals surface area contributed by atoms with Crippen LogP contribution in [0.25, 0.3) is 55.8 Å². The van der Waals surface area contributed by atoms with E-state index < -0.39 is 0 Å². The third-order valence-electron chi connectivity index (χ3n) is 7.27. The standard InChI is InChI=1S/C30H26FN7/c31-23-6-4-5-21(14-23)27-29-26(9-10-33-27)34-30(35-29)28-24-15-20(7-8-25(24)36-37-28)22-13-19(16-32-17-22)18-38-11-2-1-3-12-38/h4-10,13-17H,1-3,11-12,18H2,(H,34,35)(H,36,37).